The van der Waals surface area contributed by atoms with Crippen molar-refractivity contribution in [1.82, 2.24) is 5.32 Å². The first-order chi connectivity index (χ1) is 17.5. The molecule has 4 aromatic carbocycles. The number of ether oxygens (including phenoxy) is 1. The SMILES string of the molecule is Cc1ccccc1-c1ccc(/C=C2\C(=O)NC(=S)N(c3ccc(Oc4ccccc4)cc3)C2=O)cc1. The Hall–Kier alpha value is -4.55. The van der Waals surface area contributed by atoms with Crippen LogP contribution in [0.5, 0.6) is 11.5 Å². The summed E-state index contributed by atoms with van der Waals surface area (Å²) in [6, 6.07) is 32.3. The van der Waals surface area contributed by atoms with Crippen molar-refractivity contribution in [3.63, 3.8) is 0 Å². The lowest BCUT2D eigenvalue weighted by molar-refractivity contribution is -0.122. The lowest BCUT2D eigenvalue weighted by Crippen LogP contribution is -2.54. The molecule has 0 atom stereocenters. The molecule has 2 amide bonds. The molecule has 0 spiro atoms. The number of hydrogen-bond donors (Lipinski definition) is 1. The minimum absolute atomic E-state index is 0.0110. The fourth-order valence-electron chi connectivity index (χ4n) is 4.00. The molecule has 1 aliphatic heterocycles. The normalized spacial score (nSPS) is 14.6. The van der Waals surface area contributed by atoms with E-state index in [1.807, 2.05) is 66.7 Å². The molecule has 0 unspecified atom stereocenters. The van der Waals surface area contributed by atoms with Gasteiger partial charge in [-0.1, -0.05) is 66.7 Å². The summed E-state index contributed by atoms with van der Waals surface area (Å²) in [7, 11) is 0. The third-order valence-electron chi connectivity index (χ3n) is 5.85. The maximum absolute atomic E-state index is 13.3. The maximum atomic E-state index is 13.3. The number of anilines is 1. The smallest absolute Gasteiger partial charge is 0.270 e. The van der Waals surface area contributed by atoms with Crippen LogP contribution >= 0.6 is 12.2 Å². The fraction of sp³-hybridized carbons (Fsp3) is 0.0333. The number of nitrogens with one attached hydrogen (secondary N) is 1. The standard InChI is InChI=1S/C30H22N2O3S/c1-20-7-5-6-10-26(20)22-13-11-21(12-14-22)19-27-28(33)31-30(36)32(29(27)34)23-15-17-25(18-16-23)35-24-8-3-2-4-9-24/h2-19H,1H3,(H,31,33,36)/b27-19+. The predicted octanol–water partition coefficient (Wildman–Crippen LogP) is 6.29. The van der Waals surface area contributed by atoms with Gasteiger partial charge in [0.05, 0.1) is 5.69 Å². The van der Waals surface area contributed by atoms with Crippen molar-refractivity contribution in [2.75, 3.05) is 4.90 Å². The van der Waals surface area contributed by atoms with Crippen LogP contribution in [0.3, 0.4) is 0 Å². The van der Waals surface area contributed by atoms with E-state index in [-0.39, 0.29) is 10.7 Å². The van der Waals surface area contributed by atoms with E-state index in [1.54, 1.807) is 30.3 Å². The number of carbonyl (C=O) groups excluding carboxylic acids is 2. The molecule has 0 radical (unpaired) electrons. The number of rotatable bonds is 5. The lowest BCUT2D eigenvalue weighted by Gasteiger charge is -2.29. The Morgan fingerprint density at radius 2 is 1.42 bits per heavy atom. The highest BCUT2D eigenvalue weighted by Gasteiger charge is 2.34. The van der Waals surface area contributed by atoms with Gasteiger partial charge in [0.25, 0.3) is 11.8 Å². The third-order valence-corrected chi connectivity index (χ3v) is 6.14. The highest BCUT2D eigenvalue weighted by molar-refractivity contribution is 7.80. The summed E-state index contributed by atoms with van der Waals surface area (Å²) in [5, 5.41) is 2.66. The number of hydrogen-bond acceptors (Lipinski definition) is 4. The average molecular weight is 491 g/mol. The number of aryl methyl sites for hydroxylation is 1. The molecule has 1 aliphatic rings. The van der Waals surface area contributed by atoms with Gasteiger partial charge in [-0.3, -0.25) is 19.8 Å². The van der Waals surface area contributed by atoms with Gasteiger partial charge in [-0.25, -0.2) is 0 Å². The Bertz CT molecular complexity index is 1480. The summed E-state index contributed by atoms with van der Waals surface area (Å²) in [6.45, 7) is 2.06. The quantitative estimate of drug-likeness (QED) is 0.203. The molecule has 1 fully saturated rings. The zero-order valence-corrected chi connectivity index (χ0v) is 20.3. The van der Waals surface area contributed by atoms with Crippen LogP contribution in [-0.4, -0.2) is 16.9 Å². The van der Waals surface area contributed by atoms with Crippen molar-refractivity contribution >= 4 is 40.9 Å². The van der Waals surface area contributed by atoms with E-state index in [2.05, 4.69) is 24.4 Å². The Labute approximate surface area is 214 Å². The van der Waals surface area contributed by atoms with E-state index >= 15 is 0 Å². The van der Waals surface area contributed by atoms with Crippen molar-refractivity contribution in [3.8, 4) is 22.6 Å². The van der Waals surface area contributed by atoms with Crippen LogP contribution in [0.1, 0.15) is 11.1 Å². The molecule has 1 heterocycles. The largest absolute Gasteiger partial charge is 0.457 e. The number of thiocarbonyl (C=S) groups is 1. The van der Waals surface area contributed by atoms with Gasteiger partial charge in [0.15, 0.2) is 5.11 Å². The molecule has 0 aromatic heterocycles. The summed E-state index contributed by atoms with van der Waals surface area (Å²) in [5.41, 5.74) is 4.66. The zero-order chi connectivity index (χ0) is 25.1. The summed E-state index contributed by atoms with van der Waals surface area (Å²) in [5.74, 6) is 0.325. The molecule has 36 heavy (non-hydrogen) atoms. The fourth-order valence-corrected chi connectivity index (χ4v) is 4.28. The van der Waals surface area contributed by atoms with Gasteiger partial charge >= 0.3 is 0 Å². The van der Waals surface area contributed by atoms with Crippen LogP contribution < -0.4 is 15.0 Å². The topological polar surface area (TPSA) is 58.6 Å². The van der Waals surface area contributed by atoms with E-state index < -0.39 is 11.8 Å². The predicted molar refractivity (Wildman–Crippen MR) is 146 cm³/mol. The van der Waals surface area contributed by atoms with Crippen molar-refractivity contribution < 1.29 is 14.3 Å². The number of nitrogens with zero attached hydrogens (tertiary/aromatic N) is 1. The molecule has 1 N–H and O–H groups in total. The van der Waals surface area contributed by atoms with Crippen molar-refractivity contribution in [2.24, 2.45) is 0 Å². The molecule has 4 aromatic rings. The minimum atomic E-state index is -0.520. The van der Waals surface area contributed by atoms with Crippen LogP contribution in [0.25, 0.3) is 17.2 Å². The molecule has 5 nitrogen and oxygen atoms in total. The number of amides is 2. The lowest BCUT2D eigenvalue weighted by atomic mass is 9.99. The first kappa shape index (κ1) is 23.2. The highest BCUT2D eigenvalue weighted by Crippen LogP contribution is 2.28. The van der Waals surface area contributed by atoms with Gasteiger partial charge in [-0.15, -0.1) is 0 Å². The summed E-state index contributed by atoms with van der Waals surface area (Å²) < 4.78 is 5.82. The molecule has 6 heteroatoms. The Morgan fingerprint density at radius 3 is 2.11 bits per heavy atom. The molecular weight excluding hydrogens is 468 g/mol. The third kappa shape index (κ3) is 4.80. The average Bonchev–Trinajstić information content (AvgIpc) is 2.89. The minimum Gasteiger partial charge on any atom is -0.457 e. The van der Waals surface area contributed by atoms with Gasteiger partial charge in [-0.05, 0) is 83.9 Å². The highest BCUT2D eigenvalue weighted by atomic mass is 32.1. The second-order valence-electron chi connectivity index (χ2n) is 8.30. The van der Waals surface area contributed by atoms with Crippen LogP contribution in [-0.2, 0) is 9.59 Å². The van der Waals surface area contributed by atoms with E-state index in [0.29, 0.717) is 17.2 Å². The maximum Gasteiger partial charge on any atom is 0.270 e. The first-order valence-electron chi connectivity index (χ1n) is 11.4. The monoisotopic (exact) mass is 490 g/mol. The molecule has 5 rings (SSSR count). The van der Waals surface area contributed by atoms with Gasteiger partial charge in [0.2, 0.25) is 0 Å². The molecule has 0 aliphatic carbocycles. The van der Waals surface area contributed by atoms with E-state index in [0.717, 1.165) is 16.7 Å². The summed E-state index contributed by atoms with van der Waals surface area (Å²) in [4.78, 5) is 27.3. The molecule has 0 saturated carbocycles. The first-order valence-corrected chi connectivity index (χ1v) is 11.8. The van der Waals surface area contributed by atoms with Crippen LogP contribution in [0.4, 0.5) is 5.69 Å². The van der Waals surface area contributed by atoms with E-state index in [9.17, 15) is 9.59 Å². The van der Waals surface area contributed by atoms with Gasteiger partial charge in [-0.2, -0.15) is 0 Å². The number of benzene rings is 4. The Morgan fingerprint density at radius 1 is 0.778 bits per heavy atom. The van der Waals surface area contributed by atoms with Crippen LogP contribution in [0.2, 0.25) is 0 Å². The van der Waals surface area contributed by atoms with Gasteiger partial charge in [0.1, 0.15) is 17.1 Å². The Kier molecular flexibility index (Phi) is 6.43. The van der Waals surface area contributed by atoms with Gasteiger partial charge in [0, 0.05) is 0 Å². The van der Waals surface area contributed by atoms with Crippen molar-refractivity contribution in [1.29, 1.82) is 0 Å². The Balaban J connectivity index is 1.38. The van der Waals surface area contributed by atoms with Crippen molar-refractivity contribution in [2.45, 2.75) is 6.92 Å². The van der Waals surface area contributed by atoms with Crippen molar-refractivity contribution in [3.05, 3.63) is 120 Å². The van der Waals surface area contributed by atoms with Crippen LogP contribution in [0.15, 0.2) is 109 Å². The van der Waals surface area contributed by atoms with Gasteiger partial charge < -0.3 is 4.74 Å². The number of para-hydroxylation sites is 1. The number of carbonyl (C=O) groups is 2. The van der Waals surface area contributed by atoms with E-state index in [1.165, 1.54) is 10.5 Å². The van der Waals surface area contributed by atoms with E-state index in [4.69, 9.17) is 17.0 Å². The molecular formula is C30H22N2O3S. The molecule has 0 bridgehead atoms. The second kappa shape index (κ2) is 9.98. The second-order valence-corrected chi connectivity index (χ2v) is 8.69. The summed E-state index contributed by atoms with van der Waals surface area (Å²) >= 11 is 5.32. The molecule has 1 saturated heterocycles. The summed E-state index contributed by atoms with van der Waals surface area (Å²) in [6.07, 6.45) is 1.58. The zero-order valence-electron chi connectivity index (χ0n) is 19.5. The van der Waals surface area contributed by atoms with Crippen LogP contribution in [0, 0.1) is 6.92 Å². The molecule has 176 valence electrons.